The van der Waals surface area contributed by atoms with Crippen LogP contribution in [0.2, 0.25) is 5.02 Å². The van der Waals surface area contributed by atoms with Crippen LogP contribution in [0.4, 0.5) is 15.8 Å². The lowest BCUT2D eigenvalue weighted by molar-refractivity contribution is -0.114. The molecular weight excluding hydrogens is 387 g/mol. The summed E-state index contributed by atoms with van der Waals surface area (Å²) in [5.41, 5.74) is 0.504. The number of nitrogens with one attached hydrogen (secondary N) is 1. The molecule has 2 aromatic rings. The number of fused-ring (bicyclic) bond motifs is 1. The number of nitrogens with zero attached hydrogens (tertiary/aromatic N) is 1. The largest absolute Gasteiger partial charge is 0.454 e. The quantitative estimate of drug-likeness (QED) is 0.833. The maximum atomic E-state index is 13.2. The molecule has 10 heteroatoms. The van der Waals surface area contributed by atoms with E-state index in [1.54, 1.807) is 6.07 Å². The van der Waals surface area contributed by atoms with E-state index in [1.165, 1.54) is 24.3 Å². The lowest BCUT2D eigenvalue weighted by Crippen LogP contribution is -2.37. The van der Waals surface area contributed by atoms with Crippen molar-refractivity contribution in [2.45, 2.75) is 0 Å². The Kier molecular flexibility index (Phi) is 4.92. The van der Waals surface area contributed by atoms with E-state index < -0.39 is 28.3 Å². The van der Waals surface area contributed by atoms with Crippen molar-refractivity contribution >= 4 is 38.9 Å². The smallest absolute Gasteiger partial charge is 0.245 e. The Morgan fingerprint density at radius 3 is 2.65 bits per heavy atom. The molecular formula is C16H14ClFN2O5S. The van der Waals surface area contributed by atoms with Crippen molar-refractivity contribution < 1.29 is 27.1 Å². The fourth-order valence-corrected chi connectivity index (χ4v) is 3.37. The second kappa shape index (κ2) is 7.00. The molecule has 0 saturated carbocycles. The van der Waals surface area contributed by atoms with E-state index in [1.807, 2.05) is 0 Å². The van der Waals surface area contributed by atoms with Crippen molar-refractivity contribution in [3.05, 3.63) is 47.2 Å². The zero-order chi connectivity index (χ0) is 18.9. The highest BCUT2D eigenvalue weighted by molar-refractivity contribution is 7.92. The molecule has 0 bridgehead atoms. The van der Waals surface area contributed by atoms with Crippen LogP contribution in [-0.2, 0) is 14.8 Å². The average molecular weight is 401 g/mol. The highest BCUT2D eigenvalue weighted by Crippen LogP contribution is 2.36. The molecule has 1 heterocycles. The molecule has 1 amide bonds. The topological polar surface area (TPSA) is 84.9 Å². The Balaban J connectivity index is 1.80. The van der Waals surface area contributed by atoms with Gasteiger partial charge in [-0.1, -0.05) is 11.6 Å². The van der Waals surface area contributed by atoms with Gasteiger partial charge >= 0.3 is 0 Å². The van der Waals surface area contributed by atoms with Crippen molar-refractivity contribution in [1.29, 1.82) is 0 Å². The van der Waals surface area contributed by atoms with Gasteiger partial charge in [-0.05, 0) is 30.3 Å². The number of carbonyl (C=O) groups excluding carboxylic acids is 1. The highest BCUT2D eigenvalue weighted by atomic mass is 35.5. The van der Waals surface area contributed by atoms with Crippen LogP contribution >= 0.6 is 11.6 Å². The molecule has 1 aliphatic heterocycles. The maximum absolute atomic E-state index is 13.2. The number of anilines is 2. The number of sulfonamides is 1. The first-order valence-corrected chi connectivity index (χ1v) is 9.59. The first-order chi connectivity index (χ1) is 12.2. The van der Waals surface area contributed by atoms with E-state index in [-0.39, 0.29) is 23.2 Å². The van der Waals surface area contributed by atoms with Crippen LogP contribution in [0.5, 0.6) is 11.5 Å². The summed E-state index contributed by atoms with van der Waals surface area (Å²) in [5.74, 6) is -0.354. The molecule has 0 saturated heterocycles. The van der Waals surface area contributed by atoms with E-state index in [0.717, 1.165) is 16.6 Å². The molecule has 0 unspecified atom stereocenters. The van der Waals surface area contributed by atoms with Gasteiger partial charge in [-0.25, -0.2) is 12.8 Å². The second-order valence-electron chi connectivity index (χ2n) is 5.48. The molecule has 138 valence electrons. The molecule has 0 aromatic heterocycles. The molecule has 0 radical (unpaired) electrons. The van der Waals surface area contributed by atoms with Gasteiger partial charge in [0, 0.05) is 11.8 Å². The number of rotatable bonds is 5. The minimum Gasteiger partial charge on any atom is -0.454 e. The molecule has 3 rings (SSSR count). The standard InChI is InChI=1S/C16H14ClFN2O5S/c1-26(22,23)20(11-3-5-14-15(7-11)25-9-24-14)8-16(21)19-10-2-4-13(18)12(17)6-10/h2-7H,8-9H2,1H3,(H,19,21). The van der Waals surface area contributed by atoms with Gasteiger partial charge in [0.05, 0.1) is 17.0 Å². The van der Waals surface area contributed by atoms with Gasteiger partial charge < -0.3 is 14.8 Å². The lowest BCUT2D eigenvalue weighted by Gasteiger charge is -2.22. The predicted molar refractivity (Wildman–Crippen MR) is 94.8 cm³/mol. The zero-order valence-corrected chi connectivity index (χ0v) is 15.1. The summed E-state index contributed by atoms with van der Waals surface area (Å²) in [5, 5.41) is 2.33. The van der Waals surface area contributed by atoms with E-state index in [9.17, 15) is 17.6 Å². The summed E-state index contributed by atoms with van der Waals surface area (Å²) in [6.07, 6.45) is 0.986. The summed E-state index contributed by atoms with van der Waals surface area (Å²) in [6, 6.07) is 8.21. The first kappa shape index (κ1) is 18.3. The minimum atomic E-state index is -3.75. The van der Waals surface area contributed by atoms with E-state index in [0.29, 0.717) is 11.5 Å². The van der Waals surface area contributed by atoms with Crippen LogP contribution in [0, 0.1) is 5.82 Å². The Morgan fingerprint density at radius 1 is 1.23 bits per heavy atom. The Morgan fingerprint density at radius 2 is 1.96 bits per heavy atom. The van der Waals surface area contributed by atoms with Gasteiger partial charge in [-0.15, -0.1) is 0 Å². The van der Waals surface area contributed by atoms with E-state index >= 15 is 0 Å². The van der Waals surface area contributed by atoms with Crippen LogP contribution < -0.4 is 19.1 Å². The third-order valence-corrected chi connectivity index (χ3v) is 4.97. The maximum Gasteiger partial charge on any atom is 0.245 e. The molecule has 0 aliphatic carbocycles. The SMILES string of the molecule is CS(=O)(=O)N(CC(=O)Nc1ccc(F)c(Cl)c1)c1ccc2c(c1)OCO2. The summed E-state index contributed by atoms with van der Waals surface area (Å²) in [7, 11) is -3.75. The van der Waals surface area contributed by atoms with Crippen LogP contribution in [0.1, 0.15) is 0 Å². The number of amides is 1. The minimum absolute atomic E-state index is 0.0451. The highest BCUT2D eigenvalue weighted by Gasteiger charge is 2.24. The Labute approximate surface area is 154 Å². The molecule has 0 fully saturated rings. The number of hydrogen-bond acceptors (Lipinski definition) is 5. The number of ether oxygens (including phenoxy) is 2. The predicted octanol–water partition coefficient (Wildman–Crippen LogP) is 2.61. The van der Waals surface area contributed by atoms with Gasteiger partial charge in [0.2, 0.25) is 22.7 Å². The second-order valence-corrected chi connectivity index (χ2v) is 7.80. The van der Waals surface area contributed by atoms with E-state index in [4.69, 9.17) is 21.1 Å². The molecule has 0 atom stereocenters. The van der Waals surface area contributed by atoms with Gasteiger partial charge in [0.25, 0.3) is 0 Å². The Hall–Kier alpha value is -2.52. The molecule has 26 heavy (non-hydrogen) atoms. The first-order valence-electron chi connectivity index (χ1n) is 7.36. The van der Waals surface area contributed by atoms with Crippen LogP contribution in [-0.4, -0.2) is 33.9 Å². The number of halogens is 2. The van der Waals surface area contributed by atoms with Gasteiger partial charge in [0.15, 0.2) is 11.5 Å². The summed E-state index contributed by atoms with van der Waals surface area (Å²) in [6.45, 7) is -0.434. The van der Waals surface area contributed by atoms with Crippen molar-refractivity contribution in [2.24, 2.45) is 0 Å². The van der Waals surface area contributed by atoms with Crippen molar-refractivity contribution in [3.8, 4) is 11.5 Å². The molecule has 1 aliphatic rings. The zero-order valence-electron chi connectivity index (χ0n) is 13.5. The molecule has 7 nitrogen and oxygen atoms in total. The van der Waals surface area contributed by atoms with Gasteiger partial charge in [-0.2, -0.15) is 0 Å². The fourth-order valence-electron chi connectivity index (χ4n) is 2.35. The Bertz CT molecular complexity index is 967. The summed E-state index contributed by atoms with van der Waals surface area (Å²) < 4.78 is 48.8. The molecule has 1 N–H and O–H groups in total. The third kappa shape index (κ3) is 4.00. The van der Waals surface area contributed by atoms with Gasteiger partial charge in [0.1, 0.15) is 12.4 Å². The average Bonchev–Trinajstić information content (AvgIpc) is 3.02. The summed E-state index contributed by atoms with van der Waals surface area (Å²) in [4.78, 5) is 12.3. The lowest BCUT2D eigenvalue weighted by atomic mass is 10.2. The van der Waals surface area contributed by atoms with Crippen molar-refractivity contribution in [3.63, 3.8) is 0 Å². The third-order valence-electron chi connectivity index (χ3n) is 3.54. The fraction of sp³-hybridized carbons (Fsp3) is 0.188. The molecule has 0 spiro atoms. The number of benzene rings is 2. The van der Waals surface area contributed by atoms with Crippen LogP contribution in [0.15, 0.2) is 36.4 Å². The monoisotopic (exact) mass is 400 g/mol. The van der Waals surface area contributed by atoms with Crippen LogP contribution in [0.3, 0.4) is 0 Å². The van der Waals surface area contributed by atoms with Crippen LogP contribution in [0.25, 0.3) is 0 Å². The van der Waals surface area contributed by atoms with Gasteiger partial charge in [-0.3, -0.25) is 9.10 Å². The van der Waals surface area contributed by atoms with Crippen molar-refractivity contribution in [2.75, 3.05) is 29.2 Å². The number of hydrogen-bond donors (Lipinski definition) is 1. The normalized spacial score (nSPS) is 12.7. The van der Waals surface area contributed by atoms with Crippen molar-refractivity contribution in [1.82, 2.24) is 0 Å². The number of carbonyl (C=O) groups is 1. The molecule has 2 aromatic carbocycles. The summed E-state index contributed by atoms with van der Waals surface area (Å²) >= 11 is 5.67. The van der Waals surface area contributed by atoms with E-state index in [2.05, 4.69) is 5.32 Å².